The molecule has 16 heteroatoms. The smallest absolute Gasteiger partial charge is 0 e. The van der Waals surface area contributed by atoms with Crippen LogP contribution in [0.2, 0.25) is 0 Å². The molecule has 12 nitrogen and oxygen atoms in total. The summed E-state index contributed by atoms with van der Waals surface area (Å²) >= 11 is -0.583. The third kappa shape index (κ3) is 13.0. The molecule has 8 aliphatic heterocycles. The fourth-order valence-electron chi connectivity index (χ4n) is 5.77. The molecule has 0 aliphatic carbocycles. The predicted octanol–water partition coefficient (Wildman–Crippen LogP) is 2.76. The fraction of sp³-hybridized carbons (Fsp3) is 0.857. The van der Waals surface area contributed by atoms with Crippen molar-refractivity contribution in [3.8, 4) is 0 Å². The Balaban J connectivity index is 0.000000154. The van der Waals surface area contributed by atoms with Gasteiger partial charge < -0.3 is 60.8 Å². The Kier molecular flexibility index (Phi) is 19.2. The Morgan fingerprint density at radius 2 is 0.614 bits per heavy atom. The van der Waals surface area contributed by atoms with Gasteiger partial charge in [-0.1, -0.05) is 0 Å². The number of fused-ring (bicyclic) bond motifs is 4. The number of halogens is 2. The maximum atomic E-state index is 4.38. The van der Waals surface area contributed by atoms with Crippen LogP contribution in [0.25, 0.3) is 21.3 Å². The zero-order valence-corrected chi connectivity index (χ0v) is 33.5. The predicted molar refractivity (Wildman–Crippen MR) is 168 cm³/mol. The van der Waals surface area contributed by atoms with Crippen molar-refractivity contribution in [2.45, 2.75) is 51.4 Å². The van der Waals surface area contributed by atoms with Crippen molar-refractivity contribution >= 4 is 23.8 Å². The summed E-state index contributed by atoms with van der Waals surface area (Å²) in [7, 11) is 8.75. The minimum atomic E-state index is -0.583. The molecular weight excluding hydrogens is 943 g/mol. The van der Waals surface area contributed by atoms with Crippen LogP contribution in [0, 0.1) is 18.8 Å². The van der Waals surface area contributed by atoms with Crippen LogP contribution in [0.15, 0.2) is 20.0 Å². The Hall–Kier alpha value is -0.963. The SMILES string of the molecule is C1CN=C2[N-]CCCN2C1.C1CN=C2[N-]CCCN2C1.C1CN=C2[N-]CCCN2C1.C1CN=C2[N-]CCCN2C1.[ClH+][W][ClH+].[W]. The van der Waals surface area contributed by atoms with Gasteiger partial charge in [0.15, 0.2) is 0 Å². The Morgan fingerprint density at radius 1 is 0.409 bits per heavy atom. The van der Waals surface area contributed by atoms with Crippen LogP contribution < -0.4 is 0 Å². The van der Waals surface area contributed by atoms with Crippen molar-refractivity contribution < 1.29 is 56.4 Å². The van der Waals surface area contributed by atoms with Crippen molar-refractivity contribution in [3.63, 3.8) is 0 Å². The van der Waals surface area contributed by atoms with Crippen LogP contribution in [-0.2, 0) is 37.5 Å². The van der Waals surface area contributed by atoms with Gasteiger partial charge in [0.1, 0.15) is 0 Å². The second-order valence-electron chi connectivity index (χ2n) is 11.1. The van der Waals surface area contributed by atoms with Gasteiger partial charge in [-0.25, -0.2) is 0 Å². The minimum Gasteiger partial charge on any atom is 0 e. The van der Waals surface area contributed by atoms with E-state index in [9.17, 15) is 0 Å². The molecule has 0 amide bonds. The minimum absolute atomic E-state index is 0. The number of rotatable bonds is 0. The molecule has 8 aliphatic rings. The van der Waals surface area contributed by atoms with Crippen LogP contribution in [0.3, 0.4) is 0 Å². The standard InChI is InChI=1S/4C7H12N3.2ClH.2W/c4*1-3-8-7-9-4-2-6-10(7)5-1;;;;/h4*1-6H2;2*1H;;/q4*-1;;;;+2. The van der Waals surface area contributed by atoms with Crippen LogP contribution in [-0.4, -0.2) is 148 Å². The Labute approximate surface area is 295 Å². The Bertz CT molecular complexity index is 794. The van der Waals surface area contributed by atoms with Crippen LogP contribution in [0.5, 0.6) is 0 Å². The van der Waals surface area contributed by atoms with Gasteiger partial charge in [-0.2, -0.15) is 0 Å². The maximum Gasteiger partial charge on any atom is 0 e. The molecule has 0 spiro atoms. The first-order valence-corrected chi connectivity index (χ1v) is 23.9. The summed E-state index contributed by atoms with van der Waals surface area (Å²) in [5.41, 5.74) is 0. The van der Waals surface area contributed by atoms with Crippen molar-refractivity contribution in [1.82, 2.24) is 19.6 Å². The molecule has 4 fully saturated rings. The summed E-state index contributed by atoms with van der Waals surface area (Å²) < 4.78 is 0. The molecule has 250 valence electrons. The summed E-state index contributed by atoms with van der Waals surface area (Å²) in [5, 5.41) is 17.3. The molecule has 44 heavy (non-hydrogen) atoms. The molecule has 0 N–H and O–H groups in total. The second kappa shape index (κ2) is 22.5. The van der Waals surface area contributed by atoms with Gasteiger partial charge in [0, 0.05) is 44.9 Å². The van der Waals surface area contributed by atoms with Crippen LogP contribution >= 0.6 is 0 Å². The molecule has 0 atom stereocenters. The molecule has 0 saturated carbocycles. The van der Waals surface area contributed by atoms with Crippen LogP contribution in [0.4, 0.5) is 0 Å². The third-order valence-electron chi connectivity index (χ3n) is 7.85. The first-order valence-electron chi connectivity index (χ1n) is 16.1. The van der Waals surface area contributed by atoms with Gasteiger partial charge in [-0.3, -0.25) is 0 Å². The third-order valence-corrected chi connectivity index (χ3v) is 7.85. The molecular formula is C28H50Cl2N12W2-2. The topological polar surface area (TPSA) is 119 Å². The van der Waals surface area contributed by atoms with E-state index in [1.54, 1.807) is 0 Å². The number of hydrogen-bond donors (Lipinski definition) is 0. The van der Waals surface area contributed by atoms with E-state index < -0.39 is 16.5 Å². The van der Waals surface area contributed by atoms with E-state index in [1.807, 2.05) is 0 Å². The first kappa shape index (κ1) is 37.5. The largest absolute Gasteiger partial charge is 0 e. The van der Waals surface area contributed by atoms with Gasteiger partial charge in [-0.05, 0) is 156 Å². The van der Waals surface area contributed by atoms with Crippen molar-refractivity contribution in [1.29, 1.82) is 0 Å². The summed E-state index contributed by atoms with van der Waals surface area (Å²) in [6.45, 7) is 17.2. The van der Waals surface area contributed by atoms with Gasteiger partial charge in [0.25, 0.3) is 0 Å². The number of nitrogens with zero attached hydrogens (tertiary/aromatic N) is 12. The molecule has 8 rings (SSSR count). The number of guanidine groups is 4. The first-order chi connectivity index (χ1) is 21.3. The second-order valence-corrected chi connectivity index (χ2v) is 16.0. The van der Waals surface area contributed by atoms with Gasteiger partial charge in [0.05, 0.1) is 0 Å². The van der Waals surface area contributed by atoms with E-state index in [-0.39, 0.29) is 21.1 Å². The van der Waals surface area contributed by atoms with E-state index in [1.165, 1.54) is 104 Å². The zero-order valence-electron chi connectivity index (χ0n) is 26.0. The molecule has 0 aromatic heterocycles. The summed E-state index contributed by atoms with van der Waals surface area (Å²) in [4.78, 5) is 26.4. The molecule has 0 unspecified atom stereocenters. The molecule has 8 heterocycles. The van der Waals surface area contributed by atoms with E-state index in [4.69, 9.17) is 0 Å². The van der Waals surface area contributed by atoms with E-state index in [2.05, 4.69) is 79.7 Å². The monoisotopic (exact) mass is 992 g/mol. The molecule has 0 radical (unpaired) electrons. The van der Waals surface area contributed by atoms with Gasteiger partial charge in [0.2, 0.25) is 0 Å². The Morgan fingerprint density at radius 3 is 0.818 bits per heavy atom. The van der Waals surface area contributed by atoms with Crippen molar-refractivity contribution in [2.24, 2.45) is 20.0 Å². The summed E-state index contributed by atoms with van der Waals surface area (Å²) in [6, 6.07) is 0. The zero-order chi connectivity index (χ0) is 30.0. The van der Waals surface area contributed by atoms with E-state index in [0.29, 0.717) is 0 Å². The molecule has 0 bridgehead atoms. The van der Waals surface area contributed by atoms with Gasteiger partial charge in [-0.15, -0.1) is 0 Å². The molecule has 0 aromatic carbocycles. The van der Waals surface area contributed by atoms with E-state index >= 15 is 0 Å². The summed E-state index contributed by atoms with van der Waals surface area (Å²) in [5.74, 6) is 4.05. The number of hydrogen-bond acceptors (Lipinski definition) is 8. The molecule has 0 aromatic rings. The average Bonchev–Trinajstić information content (AvgIpc) is 3.10. The maximum absolute atomic E-state index is 4.38. The van der Waals surface area contributed by atoms with Crippen molar-refractivity contribution in [2.75, 3.05) is 105 Å². The summed E-state index contributed by atoms with van der Waals surface area (Å²) in [6.07, 6.45) is 9.66. The van der Waals surface area contributed by atoms with Crippen LogP contribution in [0.1, 0.15) is 51.4 Å². The molecule has 4 saturated heterocycles. The van der Waals surface area contributed by atoms with Gasteiger partial charge >= 0.3 is 35.3 Å². The fourth-order valence-corrected chi connectivity index (χ4v) is 5.77. The number of aliphatic imine (C=N–C) groups is 4. The van der Waals surface area contributed by atoms with Crippen molar-refractivity contribution in [3.05, 3.63) is 21.3 Å². The normalized spacial score (nSPS) is 23.0. The quantitative estimate of drug-likeness (QED) is 0.372. The van der Waals surface area contributed by atoms with E-state index in [0.717, 1.165) is 76.2 Å². The average molecular weight is 993 g/mol.